The average molecular weight is 263 g/mol. The monoisotopic (exact) mass is 263 g/mol. The first kappa shape index (κ1) is 15.2. The lowest BCUT2D eigenvalue weighted by atomic mass is 10.1. The van der Waals surface area contributed by atoms with E-state index >= 15 is 0 Å². The summed E-state index contributed by atoms with van der Waals surface area (Å²) in [6.45, 7) is 2.46. The van der Waals surface area contributed by atoms with Crippen molar-refractivity contribution in [2.75, 3.05) is 7.05 Å². The number of carbonyl (C=O) groups is 2. The van der Waals surface area contributed by atoms with E-state index in [0.717, 1.165) is 12.0 Å². The van der Waals surface area contributed by atoms with Crippen molar-refractivity contribution in [1.82, 2.24) is 4.90 Å². The number of rotatable bonds is 6. The summed E-state index contributed by atoms with van der Waals surface area (Å²) in [6.07, 6.45) is 1.57. The zero-order chi connectivity index (χ0) is 14.4. The molecule has 5 heteroatoms. The first-order chi connectivity index (χ1) is 8.95. The lowest BCUT2D eigenvalue weighted by Gasteiger charge is -2.21. The van der Waals surface area contributed by atoms with Gasteiger partial charge in [-0.1, -0.05) is 25.5 Å². The number of nitrogens with two attached hydrogens (primary N) is 2. The summed E-state index contributed by atoms with van der Waals surface area (Å²) in [4.78, 5) is 24.5. The highest BCUT2D eigenvalue weighted by molar-refractivity contribution is 5.92. The van der Waals surface area contributed by atoms with Crippen molar-refractivity contribution < 1.29 is 9.59 Å². The van der Waals surface area contributed by atoms with Crippen molar-refractivity contribution >= 4 is 11.8 Å². The Morgan fingerprint density at radius 1 is 1.26 bits per heavy atom. The van der Waals surface area contributed by atoms with Gasteiger partial charge >= 0.3 is 0 Å². The molecule has 0 aliphatic rings. The molecule has 0 heterocycles. The molecule has 0 saturated heterocycles. The van der Waals surface area contributed by atoms with Crippen molar-refractivity contribution in [1.29, 1.82) is 0 Å². The normalized spacial score (nSPS) is 11.9. The number of benzene rings is 1. The summed E-state index contributed by atoms with van der Waals surface area (Å²) in [5.41, 5.74) is 12.4. The minimum absolute atomic E-state index is 0.0687. The van der Waals surface area contributed by atoms with Gasteiger partial charge in [0.2, 0.25) is 11.8 Å². The summed E-state index contributed by atoms with van der Waals surface area (Å²) in [6, 6.07) is 6.44. The Hall–Kier alpha value is -1.88. The standard InChI is InChI=1S/C14H21N3O2/c1-3-4-12(15)14(19)17(2)9-10-5-7-11(8-6-10)13(16)18/h5-8,12H,3-4,9,15H2,1-2H3,(H2,16,18). The molecular weight excluding hydrogens is 242 g/mol. The van der Waals surface area contributed by atoms with E-state index in [1.807, 2.05) is 6.92 Å². The van der Waals surface area contributed by atoms with Crippen molar-refractivity contribution in [3.05, 3.63) is 35.4 Å². The van der Waals surface area contributed by atoms with E-state index in [1.54, 1.807) is 36.2 Å². The summed E-state index contributed by atoms with van der Waals surface area (Å²) >= 11 is 0. The van der Waals surface area contributed by atoms with Gasteiger partial charge in [-0.05, 0) is 24.1 Å². The number of amides is 2. The molecule has 0 radical (unpaired) electrons. The number of carbonyl (C=O) groups excluding carboxylic acids is 2. The molecule has 0 aliphatic carbocycles. The Balaban J connectivity index is 2.63. The predicted octanol–water partition coefficient (Wildman–Crippen LogP) is 0.871. The van der Waals surface area contributed by atoms with E-state index in [0.29, 0.717) is 18.5 Å². The molecule has 0 saturated carbocycles. The Labute approximate surface area is 113 Å². The maximum atomic E-state index is 11.9. The molecule has 0 fully saturated rings. The quantitative estimate of drug-likeness (QED) is 0.798. The highest BCUT2D eigenvalue weighted by atomic mass is 16.2. The zero-order valence-electron chi connectivity index (χ0n) is 11.4. The van der Waals surface area contributed by atoms with Gasteiger partial charge in [0.05, 0.1) is 6.04 Å². The summed E-state index contributed by atoms with van der Waals surface area (Å²) < 4.78 is 0. The topological polar surface area (TPSA) is 89.4 Å². The number of hydrogen-bond acceptors (Lipinski definition) is 3. The van der Waals surface area contributed by atoms with E-state index < -0.39 is 11.9 Å². The molecule has 1 unspecified atom stereocenters. The fourth-order valence-electron chi connectivity index (χ4n) is 1.84. The second-order valence-corrected chi connectivity index (χ2v) is 4.65. The third-order valence-electron chi connectivity index (χ3n) is 2.95. The summed E-state index contributed by atoms with van der Waals surface area (Å²) in [5, 5.41) is 0. The first-order valence-electron chi connectivity index (χ1n) is 6.35. The SMILES string of the molecule is CCCC(N)C(=O)N(C)Cc1ccc(C(N)=O)cc1. The smallest absolute Gasteiger partial charge is 0.248 e. The molecule has 1 aromatic carbocycles. The molecule has 1 atom stereocenters. The lowest BCUT2D eigenvalue weighted by Crippen LogP contribution is -2.41. The highest BCUT2D eigenvalue weighted by Gasteiger charge is 2.17. The first-order valence-corrected chi connectivity index (χ1v) is 6.35. The fraction of sp³-hybridized carbons (Fsp3) is 0.429. The van der Waals surface area contributed by atoms with E-state index in [1.165, 1.54) is 0 Å². The second-order valence-electron chi connectivity index (χ2n) is 4.65. The van der Waals surface area contributed by atoms with Gasteiger partial charge in [0.15, 0.2) is 0 Å². The van der Waals surface area contributed by atoms with E-state index in [9.17, 15) is 9.59 Å². The van der Waals surface area contributed by atoms with Gasteiger partial charge in [0.1, 0.15) is 0 Å². The van der Waals surface area contributed by atoms with Gasteiger partial charge in [-0.25, -0.2) is 0 Å². The van der Waals surface area contributed by atoms with Gasteiger partial charge in [0, 0.05) is 19.2 Å². The van der Waals surface area contributed by atoms with Gasteiger partial charge in [-0.3, -0.25) is 9.59 Å². The molecule has 104 valence electrons. The second kappa shape index (κ2) is 6.89. The fourth-order valence-corrected chi connectivity index (χ4v) is 1.84. The molecule has 0 bridgehead atoms. The molecule has 0 aromatic heterocycles. The number of hydrogen-bond donors (Lipinski definition) is 2. The van der Waals surface area contributed by atoms with Crippen molar-refractivity contribution in [3.8, 4) is 0 Å². The summed E-state index contributed by atoms with van der Waals surface area (Å²) in [7, 11) is 1.72. The Bertz CT molecular complexity index is 443. The Kier molecular flexibility index (Phi) is 5.51. The molecule has 1 aromatic rings. The van der Waals surface area contributed by atoms with Crippen LogP contribution >= 0.6 is 0 Å². The average Bonchev–Trinajstić information content (AvgIpc) is 2.38. The maximum absolute atomic E-state index is 11.9. The minimum Gasteiger partial charge on any atom is -0.366 e. The third kappa shape index (κ3) is 4.37. The molecule has 1 rings (SSSR count). The molecular formula is C14H21N3O2. The molecule has 0 aliphatic heterocycles. The number of nitrogens with zero attached hydrogens (tertiary/aromatic N) is 1. The largest absolute Gasteiger partial charge is 0.366 e. The molecule has 0 spiro atoms. The van der Waals surface area contributed by atoms with Crippen molar-refractivity contribution in [2.45, 2.75) is 32.4 Å². The van der Waals surface area contributed by atoms with Crippen LogP contribution in [0.3, 0.4) is 0 Å². The predicted molar refractivity (Wildman–Crippen MR) is 74.3 cm³/mol. The molecule has 19 heavy (non-hydrogen) atoms. The van der Waals surface area contributed by atoms with Crippen LogP contribution in [0.2, 0.25) is 0 Å². The van der Waals surface area contributed by atoms with Gasteiger partial charge in [-0.2, -0.15) is 0 Å². The van der Waals surface area contributed by atoms with E-state index in [2.05, 4.69) is 0 Å². The Morgan fingerprint density at radius 3 is 2.32 bits per heavy atom. The number of primary amides is 1. The van der Waals surface area contributed by atoms with Crippen LogP contribution in [-0.4, -0.2) is 29.8 Å². The van der Waals surface area contributed by atoms with Crippen LogP contribution in [0.1, 0.15) is 35.7 Å². The van der Waals surface area contributed by atoms with Gasteiger partial charge in [-0.15, -0.1) is 0 Å². The van der Waals surface area contributed by atoms with Crippen LogP contribution in [0.25, 0.3) is 0 Å². The molecule has 4 N–H and O–H groups in total. The van der Waals surface area contributed by atoms with Crippen LogP contribution in [0.5, 0.6) is 0 Å². The van der Waals surface area contributed by atoms with Crippen LogP contribution in [0, 0.1) is 0 Å². The maximum Gasteiger partial charge on any atom is 0.248 e. The van der Waals surface area contributed by atoms with Crippen LogP contribution < -0.4 is 11.5 Å². The van der Waals surface area contributed by atoms with Crippen molar-refractivity contribution in [3.63, 3.8) is 0 Å². The molecule has 5 nitrogen and oxygen atoms in total. The Morgan fingerprint density at radius 2 is 1.84 bits per heavy atom. The third-order valence-corrected chi connectivity index (χ3v) is 2.95. The molecule has 2 amide bonds. The van der Waals surface area contributed by atoms with Crippen LogP contribution in [0.4, 0.5) is 0 Å². The van der Waals surface area contributed by atoms with Crippen LogP contribution in [-0.2, 0) is 11.3 Å². The van der Waals surface area contributed by atoms with E-state index in [-0.39, 0.29) is 5.91 Å². The zero-order valence-corrected chi connectivity index (χ0v) is 11.4. The van der Waals surface area contributed by atoms with Gasteiger partial charge < -0.3 is 16.4 Å². The van der Waals surface area contributed by atoms with E-state index in [4.69, 9.17) is 11.5 Å². The highest BCUT2D eigenvalue weighted by Crippen LogP contribution is 2.08. The number of likely N-dealkylation sites (N-methyl/N-ethyl adjacent to an activating group) is 1. The lowest BCUT2D eigenvalue weighted by molar-refractivity contribution is -0.132. The summed E-state index contributed by atoms with van der Waals surface area (Å²) in [5.74, 6) is -0.526. The van der Waals surface area contributed by atoms with Crippen molar-refractivity contribution in [2.24, 2.45) is 11.5 Å². The van der Waals surface area contributed by atoms with Gasteiger partial charge in [0.25, 0.3) is 0 Å². The minimum atomic E-state index is -0.457. The van der Waals surface area contributed by atoms with Crippen LogP contribution in [0.15, 0.2) is 24.3 Å².